The Morgan fingerprint density at radius 1 is 0.688 bits per heavy atom. The van der Waals surface area contributed by atoms with E-state index in [1.807, 2.05) is 4.58 Å². The Morgan fingerprint density at radius 3 is 1.79 bits per heavy atom. The van der Waals surface area contributed by atoms with Crippen LogP contribution in [-0.2, 0) is 80.5 Å². The van der Waals surface area contributed by atoms with Crippen molar-refractivity contribution in [3.63, 3.8) is 0 Å². The van der Waals surface area contributed by atoms with E-state index in [0.717, 1.165) is 29.2 Å². The SMILES string of the molecule is CCN1/C(=C/C=C/C2=[N+](CCCCCC(=O)NCCN3C(=O)C=CC3=O)c3ccc4c(S(=O)(=O)[O-])cc(S(=O)(=O)[O-])cc4c3C2(C)CCOC)C(C)(CCCS(=O)(=O)[O-])c2c1ccc1c(S(=O)(=O)[O-])cc(S(=O)(=O)[O-])cc21. The van der Waals surface area contributed by atoms with Gasteiger partial charge in [0.05, 0.1) is 35.1 Å². The first kappa shape index (κ1) is 58.9. The van der Waals surface area contributed by atoms with Crippen LogP contribution in [-0.4, -0.2) is 143 Å². The van der Waals surface area contributed by atoms with E-state index in [2.05, 4.69) is 5.32 Å². The Morgan fingerprint density at radius 2 is 1.26 bits per heavy atom. The zero-order valence-corrected chi connectivity index (χ0v) is 45.9. The van der Waals surface area contributed by atoms with E-state index < -0.39 is 98.6 Å². The molecule has 0 saturated carbocycles. The maximum Gasteiger partial charge on any atom is 0.253 e. The lowest BCUT2D eigenvalue weighted by molar-refractivity contribution is -0.438. The molecule has 0 bridgehead atoms. The molecule has 416 valence electrons. The molecule has 3 heterocycles. The van der Waals surface area contributed by atoms with E-state index in [4.69, 9.17) is 4.74 Å². The van der Waals surface area contributed by atoms with Crippen LogP contribution in [0.25, 0.3) is 21.5 Å². The van der Waals surface area contributed by atoms with Gasteiger partial charge < -0.3 is 37.7 Å². The van der Waals surface area contributed by atoms with Crippen molar-refractivity contribution in [1.82, 2.24) is 10.2 Å². The van der Waals surface area contributed by atoms with Crippen LogP contribution < -0.4 is 10.2 Å². The summed E-state index contributed by atoms with van der Waals surface area (Å²) < 4.78 is 195. The number of allylic oxidation sites excluding steroid dienone is 4. The van der Waals surface area contributed by atoms with E-state index >= 15 is 0 Å². The van der Waals surface area contributed by atoms with Crippen LogP contribution >= 0.6 is 0 Å². The highest BCUT2D eigenvalue weighted by molar-refractivity contribution is 7.87. The standard InChI is InChI=1S/C49H56N4O19S5/c1-5-51-37-16-14-33-35(27-31(74(60,61)62)29-39(33)76(66,67)68)46(37)48(2,20-10-26-73(57,58)59)41(51)11-9-12-42-49(3,21-25-72-4)47-36-28-32(75(63,64)65)30-40(77(69,70)71)34(36)15-17-38(47)52(42)23-8-6-7-13-43(54)50-22-24-53-44(55)18-19-45(53)56/h9,11-12,14-19,27-30H,5-8,10,13,20-26H2,1-4H3,(H5-,50,54,57,58,59,60,61,62,63,64,65,66,67,68,69,70,71)/p-4. The Bertz CT molecular complexity index is 3840. The lowest BCUT2D eigenvalue weighted by Gasteiger charge is -2.31. The second kappa shape index (κ2) is 21.8. The molecular weight excluding hydrogens is 1110 g/mol. The van der Waals surface area contributed by atoms with E-state index in [9.17, 15) is 79.2 Å². The summed E-state index contributed by atoms with van der Waals surface area (Å²) in [6.07, 6.45) is 8.21. The fraction of sp³-hybridized carbons (Fsp3) is 0.388. The third kappa shape index (κ3) is 12.1. The molecule has 77 heavy (non-hydrogen) atoms. The summed E-state index contributed by atoms with van der Waals surface area (Å²) in [5, 5.41) is 2.12. The highest BCUT2D eigenvalue weighted by atomic mass is 32.2. The van der Waals surface area contributed by atoms with E-state index in [0.29, 0.717) is 59.7 Å². The van der Waals surface area contributed by atoms with Gasteiger partial charge in [-0.2, -0.15) is 4.58 Å². The molecule has 1 N–H and O–H groups in total. The molecule has 2 atom stereocenters. The van der Waals surface area contributed by atoms with Gasteiger partial charge in [-0.3, -0.25) is 19.3 Å². The van der Waals surface area contributed by atoms with Crippen molar-refractivity contribution < 1.29 is 88.5 Å². The molecule has 3 amide bonds. The quantitative estimate of drug-likeness (QED) is 0.0482. The van der Waals surface area contributed by atoms with Crippen LogP contribution in [0.2, 0.25) is 0 Å². The molecule has 23 nitrogen and oxygen atoms in total. The maximum absolute atomic E-state index is 12.8. The lowest BCUT2D eigenvalue weighted by atomic mass is 9.74. The van der Waals surface area contributed by atoms with Crippen molar-refractivity contribution in [3.05, 3.63) is 95.7 Å². The summed E-state index contributed by atoms with van der Waals surface area (Å²) in [7, 11) is -25.0. The number of hydrogen-bond donors (Lipinski definition) is 1. The van der Waals surface area contributed by atoms with Gasteiger partial charge in [-0.1, -0.05) is 12.1 Å². The van der Waals surface area contributed by atoms with Gasteiger partial charge in [-0.05, 0) is 117 Å². The molecule has 4 aromatic rings. The number of ether oxygens (including phenoxy) is 1. The van der Waals surface area contributed by atoms with Crippen LogP contribution in [0.4, 0.5) is 11.4 Å². The summed E-state index contributed by atoms with van der Waals surface area (Å²) in [6.45, 7) is 5.57. The topological polar surface area (TPSA) is 368 Å². The minimum atomic E-state index is -5.42. The van der Waals surface area contributed by atoms with Crippen molar-refractivity contribution in [1.29, 1.82) is 0 Å². The number of fused-ring (bicyclic) bond motifs is 6. The first-order valence-corrected chi connectivity index (χ1v) is 31.1. The van der Waals surface area contributed by atoms with Gasteiger partial charge in [-0.15, -0.1) is 0 Å². The second-order valence-corrected chi connectivity index (χ2v) is 26.0. The number of hydrogen-bond acceptors (Lipinski definition) is 20. The van der Waals surface area contributed by atoms with Crippen molar-refractivity contribution in [2.75, 3.05) is 50.5 Å². The fourth-order valence-corrected chi connectivity index (χ4v) is 13.8. The number of unbranched alkanes of at least 4 members (excludes halogenated alkanes) is 2. The zero-order chi connectivity index (χ0) is 56.8. The van der Waals surface area contributed by atoms with Crippen LogP contribution in [0.1, 0.15) is 76.8 Å². The predicted molar refractivity (Wildman–Crippen MR) is 272 cm³/mol. The van der Waals surface area contributed by atoms with E-state index in [-0.39, 0.29) is 91.5 Å². The Balaban J connectivity index is 1.37. The molecule has 3 aliphatic rings. The zero-order valence-electron chi connectivity index (χ0n) is 41.8. The average Bonchev–Trinajstić information content (AvgIpc) is 3.87. The summed E-state index contributed by atoms with van der Waals surface area (Å²) in [5.41, 5.74) is -0.460. The van der Waals surface area contributed by atoms with Crippen molar-refractivity contribution in [2.24, 2.45) is 0 Å². The summed E-state index contributed by atoms with van der Waals surface area (Å²) in [4.78, 5) is 35.4. The fourth-order valence-electron chi connectivity index (χ4n) is 10.7. The summed E-state index contributed by atoms with van der Waals surface area (Å²) in [5.74, 6) is -2.16. The molecule has 0 fully saturated rings. The number of carbonyl (C=O) groups is 3. The minimum Gasteiger partial charge on any atom is -0.748 e. The number of methoxy groups -OCH3 is 1. The monoisotopic (exact) mass is 1160 g/mol. The Hall–Kier alpha value is -5.79. The highest BCUT2D eigenvalue weighted by Gasteiger charge is 2.49. The normalized spacial score (nSPS) is 19.7. The number of likely N-dealkylation sites (N-methyl/N-ethyl adjacent to an activating group) is 1. The Kier molecular flexibility index (Phi) is 16.7. The smallest absolute Gasteiger partial charge is 0.253 e. The van der Waals surface area contributed by atoms with E-state index in [1.165, 1.54) is 25.3 Å². The van der Waals surface area contributed by atoms with Gasteiger partial charge >= 0.3 is 0 Å². The van der Waals surface area contributed by atoms with Gasteiger partial charge in [0.15, 0.2) is 5.71 Å². The van der Waals surface area contributed by atoms with Crippen molar-refractivity contribution in [2.45, 2.75) is 96.1 Å². The first-order chi connectivity index (χ1) is 35.8. The first-order valence-electron chi connectivity index (χ1n) is 23.9. The van der Waals surface area contributed by atoms with Gasteiger partial charge in [-0.25, -0.2) is 42.1 Å². The van der Waals surface area contributed by atoms with Gasteiger partial charge in [0.1, 0.15) is 47.0 Å². The van der Waals surface area contributed by atoms with Gasteiger partial charge in [0, 0.05) is 104 Å². The van der Waals surface area contributed by atoms with Crippen LogP contribution in [0.15, 0.2) is 104 Å². The molecule has 2 unspecified atom stereocenters. The molecule has 3 aliphatic heterocycles. The minimum absolute atomic E-state index is 0.0223. The number of imide groups is 1. The van der Waals surface area contributed by atoms with Crippen molar-refractivity contribution in [3.8, 4) is 0 Å². The third-order valence-corrected chi connectivity index (χ3v) is 18.3. The highest BCUT2D eigenvalue weighted by Crippen LogP contribution is 2.54. The molecule has 0 radical (unpaired) electrons. The van der Waals surface area contributed by atoms with Gasteiger partial charge in [0.25, 0.3) is 11.8 Å². The number of anilines is 1. The maximum atomic E-state index is 12.8. The van der Waals surface area contributed by atoms with Crippen LogP contribution in [0.5, 0.6) is 0 Å². The number of amides is 3. The summed E-state index contributed by atoms with van der Waals surface area (Å²) in [6, 6.07) is 8.57. The summed E-state index contributed by atoms with van der Waals surface area (Å²) >= 11 is 0. The number of benzene rings is 4. The number of rotatable bonds is 23. The van der Waals surface area contributed by atoms with Gasteiger partial charge in [0.2, 0.25) is 11.6 Å². The lowest BCUT2D eigenvalue weighted by Crippen LogP contribution is -2.38. The molecule has 28 heteroatoms. The molecule has 0 saturated heterocycles. The van der Waals surface area contributed by atoms with Crippen molar-refractivity contribution >= 4 is 107 Å². The molecule has 0 spiro atoms. The molecule has 7 rings (SSSR count). The molecule has 4 aromatic carbocycles. The molecule has 0 aliphatic carbocycles. The van der Waals surface area contributed by atoms with Crippen LogP contribution in [0.3, 0.4) is 0 Å². The second-order valence-electron chi connectivity index (χ2n) is 19.1. The average molecular weight is 1160 g/mol. The predicted octanol–water partition coefficient (Wildman–Crippen LogP) is 3.17. The third-order valence-electron chi connectivity index (χ3n) is 14.2. The number of nitrogens with zero attached hydrogens (tertiary/aromatic N) is 3. The molecular formula is C49H52N4O19S5-4. The van der Waals surface area contributed by atoms with Crippen LogP contribution in [0, 0.1) is 0 Å². The van der Waals surface area contributed by atoms with E-state index in [1.54, 1.807) is 50.0 Å². The Labute approximate surface area is 445 Å². The number of carbonyl (C=O) groups excluding carboxylic acids is 3. The molecule has 0 aromatic heterocycles. The number of nitrogens with one attached hydrogen (secondary N) is 1. The largest absolute Gasteiger partial charge is 0.748 e.